The first-order valence-corrected chi connectivity index (χ1v) is 8.94. The molecule has 2 aromatic rings. The number of aromatic nitrogens is 2. The van der Waals surface area contributed by atoms with Crippen LogP contribution in [-0.2, 0) is 16.1 Å². The maximum atomic E-state index is 13.2. The quantitative estimate of drug-likeness (QED) is 0.785. The second-order valence-corrected chi connectivity index (χ2v) is 7.14. The molecule has 1 atom stereocenters. The zero-order valence-corrected chi connectivity index (χ0v) is 15.0. The Bertz CT molecular complexity index is 941. The van der Waals surface area contributed by atoms with Crippen LogP contribution in [0.4, 0.5) is 28.8 Å². The monoisotopic (exact) mass is 417 g/mol. The van der Waals surface area contributed by atoms with Crippen LogP contribution in [0.1, 0.15) is 0 Å². The molecular formula is C15H14F3N5O4S. The van der Waals surface area contributed by atoms with E-state index in [0.717, 1.165) is 0 Å². The molecular weight excluding hydrogens is 403 g/mol. The van der Waals surface area contributed by atoms with Crippen molar-refractivity contribution in [1.29, 1.82) is 0 Å². The number of ether oxygens (including phenoxy) is 2. The minimum Gasteiger partial charge on any atom is -0.490 e. The molecule has 1 unspecified atom stereocenters. The van der Waals surface area contributed by atoms with Crippen LogP contribution in [0.15, 0.2) is 12.3 Å². The van der Waals surface area contributed by atoms with Gasteiger partial charge in [-0.25, -0.2) is 14.7 Å². The lowest BCUT2D eigenvalue weighted by atomic mass is 10.3. The Balaban J connectivity index is 1.70. The number of nitrogens with two attached hydrogens (primary N) is 1. The summed E-state index contributed by atoms with van der Waals surface area (Å²) in [6.45, 7) is -0.257. The maximum absolute atomic E-state index is 13.2. The largest absolute Gasteiger partial charge is 0.490 e. The number of fused-ring (bicyclic) bond motifs is 3. The third kappa shape index (κ3) is 3.21. The number of nitrogens with zero attached hydrogens (tertiary/aromatic N) is 3. The Labute approximate surface area is 159 Å². The topological polar surface area (TPSA) is 112 Å². The van der Waals surface area contributed by atoms with E-state index in [1.807, 2.05) is 0 Å². The van der Waals surface area contributed by atoms with Crippen molar-refractivity contribution in [3.05, 3.63) is 12.3 Å². The van der Waals surface area contributed by atoms with Gasteiger partial charge >= 0.3 is 12.3 Å². The lowest BCUT2D eigenvalue weighted by Gasteiger charge is -2.21. The van der Waals surface area contributed by atoms with E-state index in [1.54, 1.807) is 10.6 Å². The second-order valence-electron chi connectivity index (χ2n) is 6.09. The van der Waals surface area contributed by atoms with E-state index in [1.165, 1.54) is 17.5 Å². The molecule has 4 heterocycles. The summed E-state index contributed by atoms with van der Waals surface area (Å²) in [4.78, 5) is 28.2. The molecule has 1 fully saturated rings. The first-order valence-electron chi connectivity index (χ1n) is 8.13. The van der Waals surface area contributed by atoms with Crippen LogP contribution in [0.2, 0.25) is 0 Å². The number of anilines is 2. The second kappa shape index (κ2) is 6.58. The van der Waals surface area contributed by atoms with Crippen molar-refractivity contribution in [3.63, 3.8) is 0 Å². The number of rotatable bonds is 4. The van der Waals surface area contributed by atoms with Crippen LogP contribution in [0.25, 0.3) is 10.7 Å². The summed E-state index contributed by atoms with van der Waals surface area (Å²) in [6.07, 6.45) is -4.37. The Morgan fingerprint density at radius 2 is 2.21 bits per heavy atom. The van der Waals surface area contributed by atoms with Crippen LogP contribution in [0.5, 0.6) is 5.75 Å². The average molecular weight is 417 g/mol. The van der Waals surface area contributed by atoms with E-state index in [-0.39, 0.29) is 19.0 Å². The van der Waals surface area contributed by atoms with Gasteiger partial charge in [0.15, 0.2) is 17.7 Å². The molecule has 0 aromatic carbocycles. The molecule has 2 aromatic heterocycles. The predicted octanol–water partition coefficient (Wildman–Crippen LogP) is 1.79. The van der Waals surface area contributed by atoms with Crippen molar-refractivity contribution in [2.75, 3.05) is 30.0 Å². The Kier molecular flexibility index (Phi) is 4.33. The molecule has 1 saturated heterocycles. The van der Waals surface area contributed by atoms with Crippen molar-refractivity contribution in [3.8, 4) is 16.5 Å². The highest BCUT2D eigenvalue weighted by molar-refractivity contribution is 7.19. The highest BCUT2D eigenvalue weighted by Gasteiger charge is 2.52. The summed E-state index contributed by atoms with van der Waals surface area (Å²) in [7, 11) is 0. The lowest BCUT2D eigenvalue weighted by molar-refractivity contribution is -0.147. The van der Waals surface area contributed by atoms with Gasteiger partial charge in [-0.05, 0) is 0 Å². The molecule has 9 nitrogen and oxygen atoms in total. The van der Waals surface area contributed by atoms with Crippen molar-refractivity contribution >= 4 is 34.2 Å². The maximum Gasteiger partial charge on any atom is 0.416 e. The van der Waals surface area contributed by atoms with Gasteiger partial charge in [-0.2, -0.15) is 13.2 Å². The molecule has 0 radical (unpaired) electrons. The molecule has 13 heteroatoms. The number of hydrogen-bond acceptors (Lipinski definition) is 7. The smallest absolute Gasteiger partial charge is 0.416 e. The number of imidazole rings is 1. The molecule has 2 aliphatic rings. The summed E-state index contributed by atoms with van der Waals surface area (Å²) >= 11 is 1.21. The number of primary amides is 1. The number of alkyl halides is 3. The van der Waals surface area contributed by atoms with Crippen LogP contribution in [0, 0.1) is 0 Å². The fraction of sp³-hybridized carbons (Fsp3) is 0.400. The minimum atomic E-state index is -4.64. The van der Waals surface area contributed by atoms with Gasteiger partial charge in [0.05, 0.1) is 18.1 Å². The van der Waals surface area contributed by atoms with Crippen LogP contribution < -0.4 is 20.7 Å². The van der Waals surface area contributed by atoms with Gasteiger partial charge in [0.25, 0.3) is 0 Å². The molecule has 0 spiro atoms. The molecule has 4 rings (SSSR count). The molecule has 28 heavy (non-hydrogen) atoms. The summed E-state index contributed by atoms with van der Waals surface area (Å²) in [5, 5.41) is 3.44. The van der Waals surface area contributed by atoms with Gasteiger partial charge in [-0.15, -0.1) is 11.3 Å². The van der Waals surface area contributed by atoms with E-state index >= 15 is 0 Å². The molecule has 150 valence electrons. The highest BCUT2D eigenvalue weighted by Crippen LogP contribution is 2.43. The normalized spacial score (nSPS) is 18.8. The summed E-state index contributed by atoms with van der Waals surface area (Å²) in [5.74, 6) is 0.149. The van der Waals surface area contributed by atoms with E-state index < -0.39 is 30.8 Å². The van der Waals surface area contributed by atoms with Gasteiger partial charge in [-0.3, -0.25) is 4.79 Å². The standard InChI is InChI=1S/C15H14F3N5O4S/c16-15(17,18)8-6-27-14(25)23(8)10-5-22-1-2-26-7-3-11(20-4-9(19)24)28-12(7)13(22)21-10/h3,5,8,20H,1-2,4,6H2,(H2,19,24). The number of halogens is 3. The van der Waals surface area contributed by atoms with Gasteiger partial charge in [0.2, 0.25) is 5.91 Å². The number of carbonyl (C=O) groups excluding carboxylic acids is 2. The van der Waals surface area contributed by atoms with Crippen molar-refractivity contribution in [2.24, 2.45) is 5.73 Å². The van der Waals surface area contributed by atoms with E-state index in [4.69, 9.17) is 10.5 Å². The molecule has 0 saturated carbocycles. The van der Waals surface area contributed by atoms with Gasteiger partial charge in [0, 0.05) is 12.3 Å². The first kappa shape index (κ1) is 18.4. The number of thiophene rings is 1. The predicted molar refractivity (Wildman–Crippen MR) is 92.4 cm³/mol. The Morgan fingerprint density at radius 1 is 1.43 bits per heavy atom. The van der Waals surface area contributed by atoms with Crippen molar-refractivity contribution in [1.82, 2.24) is 9.55 Å². The first-order chi connectivity index (χ1) is 13.2. The zero-order chi connectivity index (χ0) is 20.1. The van der Waals surface area contributed by atoms with Gasteiger partial charge in [-0.1, -0.05) is 0 Å². The summed E-state index contributed by atoms with van der Waals surface area (Å²) < 4.78 is 51.6. The zero-order valence-electron chi connectivity index (χ0n) is 14.2. The van der Waals surface area contributed by atoms with Gasteiger partial charge < -0.3 is 25.1 Å². The highest BCUT2D eigenvalue weighted by atomic mass is 32.1. The van der Waals surface area contributed by atoms with Crippen molar-refractivity contribution < 1.29 is 32.2 Å². The third-order valence-electron chi connectivity index (χ3n) is 4.19. The van der Waals surface area contributed by atoms with E-state index in [9.17, 15) is 22.8 Å². The average Bonchev–Trinajstić information content (AvgIpc) is 3.27. The van der Waals surface area contributed by atoms with Crippen molar-refractivity contribution in [2.45, 2.75) is 18.8 Å². The summed E-state index contributed by atoms with van der Waals surface area (Å²) in [6, 6.07) is -0.429. The fourth-order valence-corrected chi connectivity index (χ4v) is 3.94. The SMILES string of the molecule is NC(=O)CNc1cc2c(s1)-c1nc(N3C(=O)OCC3C(F)(F)F)cn1CCO2. The molecule has 2 aliphatic heterocycles. The molecule has 0 aliphatic carbocycles. The lowest BCUT2D eigenvalue weighted by Crippen LogP contribution is -2.44. The van der Waals surface area contributed by atoms with E-state index in [2.05, 4.69) is 15.0 Å². The van der Waals surface area contributed by atoms with Crippen LogP contribution in [-0.4, -0.2) is 53.5 Å². The molecule has 3 N–H and O–H groups in total. The third-order valence-corrected chi connectivity index (χ3v) is 5.26. The van der Waals surface area contributed by atoms with E-state index in [0.29, 0.717) is 32.9 Å². The Hall–Kier alpha value is -2.96. The Morgan fingerprint density at radius 3 is 2.93 bits per heavy atom. The summed E-state index contributed by atoms with van der Waals surface area (Å²) in [5.41, 5.74) is 5.11. The van der Waals surface area contributed by atoms with Gasteiger partial charge in [0.1, 0.15) is 23.8 Å². The van der Waals surface area contributed by atoms with Crippen LogP contribution >= 0.6 is 11.3 Å². The number of hydrogen-bond donors (Lipinski definition) is 2. The fourth-order valence-electron chi connectivity index (χ4n) is 2.94. The molecule has 0 bridgehead atoms. The number of nitrogens with one attached hydrogen (secondary N) is 1. The molecule has 2 amide bonds. The van der Waals surface area contributed by atoms with Crippen LogP contribution in [0.3, 0.4) is 0 Å². The number of amides is 2. The number of cyclic esters (lactones) is 1. The minimum absolute atomic E-state index is 0.0774. The number of carbonyl (C=O) groups is 2.